The molecule has 1 aromatic rings. The van der Waals surface area contributed by atoms with Crippen molar-refractivity contribution in [3.8, 4) is 11.5 Å². The first-order chi connectivity index (χ1) is 8.17. The average Bonchev–Trinajstić information content (AvgIpc) is 2.31. The van der Waals surface area contributed by atoms with E-state index in [1.165, 1.54) is 0 Å². The molecule has 0 saturated heterocycles. The molecular weight excluding hydrogens is 220 g/mol. The Kier molecular flexibility index (Phi) is 5.20. The molecule has 92 valence electrons. The summed E-state index contributed by atoms with van der Waals surface area (Å²) in [5.74, 6) is -0.118. The maximum atomic E-state index is 11.4. The molecule has 0 aliphatic heterocycles. The predicted octanol–water partition coefficient (Wildman–Crippen LogP) is 2.71. The molecule has 0 aliphatic carbocycles. The zero-order chi connectivity index (χ0) is 12.7. The topological polar surface area (TPSA) is 52.6 Å². The fourth-order valence-corrected chi connectivity index (χ4v) is 1.19. The van der Waals surface area contributed by atoms with Gasteiger partial charge < -0.3 is 9.47 Å². The van der Waals surface area contributed by atoms with Crippen molar-refractivity contribution in [2.45, 2.75) is 33.1 Å². The molecular formula is C13H16O4. The highest BCUT2D eigenvalue weighted by molar-refractivity contribution is 5.75. The third kappa shape index (κ3) is 4.26. The van der Waals surface area contributed by atoms with Gasteiger partial charge in [0.2, 0.25) is 0 Å². The summed E-state index contributed by atoms with van der Waals surface area (Å²) in [5, 5.41) is 0. The van der Waals surface area contributed by atoms with Crippen LogP contribution in [0.2, 0.25) is 0 Å². The van der Waals surface area contributed by atoms with Crippen molar-refractivity contribution < 1.29 is 19.1 Å². The lowest BCUT2D eigenvalue weighted by atomic mass is 10.3. The maximum absolute atomic E-state index is 11.4. The first kappa shape index (κ1) is 13.2. The SMILES string of the molecule is CCCC(=O)Oc1ccccc1OC(=O)CC. The van der Waals surface area contributed by atoms with Gasteiger partial charge in [-0.15, -0.1) is 0 Å². The Labute approximate surface area is 101 Å². The molecule has 0 amide bonds. The van der Waals surface area contributed by atoms with Crippen LogP contribution in [-0.4, -0.2) is 11.9 Å². The summed E-state index contributed by atoms with van der Waals surface area (Å²) in [6, 6.07) is 6.64. The maximum Gasteiger partial charge on any atom is 0.311 e. The predicted molar refractivity (Wildman–Crippen MR) is 62.9 cm³/mol. The molecule has 0 aromatic heterocycles. The molecule has 0 fully saturated rings. The standard InChI is InChI=1S/C13H16O4/c1-3-7-13(15)17-11-9-6-5-8-10(11)16-12(14)4-2/h5-6,8-9H,3-4,7H2,1-2H3. The number of carbonyl (C=O) groups excluding carboxylic acids is 2. The van der Waals surface area contributed by atoms with Crippen LogP contribution in [0.15, 0.2) is 24.3 Å². The minimum atomic E-state index is -0.357. The highest BCUT2D eigenvalue weighted by Crippen LogP contribution is 2.27. The van der Waals surface area contributed by atoms with E-state index >= 15 is 0 Å². The third-order valence-electron chi connectivity index (χ3n) is 2.04. The van der Waals surface area contributed by atoms with Crippen molar-refractivity contribution in [3.05, 3.63) is 24.3 Å². The third-order valence-corrected chi connectivity index (χ3v) is 2.04. The Morgan fingerprint density at radius 3 is 2.00 bits per heavy atom. The van der Waals surface area contributed by atoms with Crippen LogP contribution in [0, 0.1) is 0 Å². The van der Waals surface area contributed by atoms with Gasteiger partial charge in [-0.05, 0) is 18.6 Å². The largest absolute Gasteiger partial charge is 0.423 e. The molecule has 4 nitrogen and oxygen atoms in total. The lowest BCUT2D eigenvalue weighted by Crippen LogP contribution is -2.10. The summed E-state index contributed by atoms with van der Waals surface area (Å²) in [5.41, 5.74) is 0. The van der Waals surface area contributed by atoms with Gasteiger partial charge in [0.1, 0.15) is 0 Å². The second kappa shape index (κ2) is 6.68. The number of esters is 2. The van der Waals surface area contributed by atoms with Gasteiger partial charge >= 0.3 is 11.9 Å². The van der Waals surface area contributed by atoms with Gasteiger partial charge in [-0.1, -0.05) is 26.0 Å². The quantitative estimate of drug-likeness (QED) is 0.582. The Balaban J connectivity index is 2.77. The van der Waals surface area contributed by atoms with E-state index in [2.05, 4.69) is 0 Å². The van der Waals surface area contributed by atoms with Gasteiger partial charge in [-0.25, -0.2) is 0 Å². The Morgan fingerprint density at radius 2 is 1.53 bits per heavy atom. The van der Waals surface area contributed by atoms with Crippen molar-refractivity contribution in [3.63, 3.8) is 0 Å². The van der Waals surface area contributed by atoms with E-state index in [9.17, 15) is 9.59 Å². The Bertz CT molecular complexity index is 398. The van der Waals surface area contributed by atoms with Gasteiger partial charge in [0, 0.05) is 12.8 Å². The summed E-state index contributed by atoms with van der Waals surface area (Å²) in [4.78, 5) is 22.5. The van der Waals surface area contributed by atoms with E-state index in [0.29, 0.717) is 6.42 Å². The lowest BCUT2D eigenvalue weighted by molar-refractivity contribution is -0.137. The Hall–Kier alpha value is -1.84. The van der Waals surface area contributed by atoms with E-state index in [1.54, 1.807) is 31.2 Å². The van der Waals surface area contributed by atoms with Crippen molar-refractivity contribution >= 4 is 11.9 Å². The first-order valence-electron chi connectivity index (χ1n) is 5.67. The number of benzene rings is 1. The lowest BCUT2D eigenvalue weighted by Gasteiger charge is -2.09. The number of rotatable bonds is 5. The second-order valence-corrected chi connectivity index (χ2v) is 3.50. The normalized spacial score (nSPS) is 9.76. The molecule has 0 bridgehead atoms. The molecule has 0 unspecified atom stereocenters. The summed E-state index contributed by atoms with van der Waals surface area (Å²) in [6.07, 6.45) is 1.34. The molecule has 0 saturated carbocycles. The molecule has 17 heavy (non-hydrogen) atoms. The van der Waals surface area contributed by atoms with Crippen molar-refractivity contribution in [2.24, 2.45) is 0 Å². The van der Waals surface area contributed by atoms with E-state index in [-0.39, 0.29) is 29.9 Å². The number of hydrogen-bond donors (Lipinski definition) is 0. The monoisotopic (exact) mass is 236 g/mol. The van der Waals surface area contributed by atoms with Gasteiger partial charge in [0.15, 0.2) is 11.5 Å². The molecule has 0 atom stereocenters. The molecule has 4 heteroatoms. The highest BCUT2D eigenvalue weighted by atomic mass is 16.6. The summed E-state index contributed by atoms with van der Waals surface area (Å²) >= 11 is 0. The van der Waals surface area contributed by atoms with E-state index in [0.717, 1.165) is 6.42 Å². The van der Waals surface area contributed by atoms with Crippen molar-refractivity contribution in [2.75, 3.05) is 0 Å². The minimum absolute atomic E-state index is 0.275. The highest BCUT2D eigenvalue weighted by Gasteiger charge is 2.11. The fraction of sp³-hybridized carbons (Fsp3) is 0.385. The van der Waals surface area contributed by atoms with Crippen LogP contribution < -0.4 is 9.47 Å². The fourth-order valence-electron chi connectivity index (χ4n) is 1.19. The smallest absolute Gasteiger partial charge is 0.311 e. The minimum Gasteiger partial charge on any atom is -0.423 e. The zero-order valence-corrected chi connectivity index (χ0v) is 10.1. The molecule has 1 aromatic carbocycles. The zero-order valence-electron chi connectivity index (χ0n) is 10.1. The van der Waals surface area contributed by atoms with Crippen LogP contribution in [0.5, 0.6) is 11.5 Å². The average molecular weight is 236 g/mol. The van der Waals surface area contributed by atoms with Crippen LogP contribution in [0.1, 0.15) is 33.1 Å². The number of ether oxygens (including phenoxy) is 2. The van der Waals surface area contributed by atoms with Gasteiger partial charge in [-0.2, -0.15) is 0 Å². The molecule has 0 N–H and O–H groups in total. The summed E-state index contributed by atoms with van der Waals surface area (Å²) in [7, 11) is 0. The van der Waals surface area contributed by atoms with Crippen LogP contribution in [0.3, 0.4) is 0 Å². The van der Waals surface area contributed by atoms with Gasteiger partial charge in [0.25, 0.3) is 0 Å². The van der Waals surface area contributed by atoms with Gasteiger partial charge in [-0.3, -0.25) is 9.59 Å². The first-order valence-corrected chi connectivity index (χ1v) is 5.67. The van der Waals surface area contributed by atoms with Gasteiger partial charge in [0.05, 0.1) is 0 Å². The Morgan fingerprint density at radius 1 is 1.00 bits per heavy atom. The molecule has 0 radical (unpaired) electrons. The number of para-hydroxylation sites is 2. The van der Waals surface area contributed by atoms with Crippen LogP contribution in [0.25, 0.3) is 0 Å². The van der Waals surface area contributed by atoms with Crippen molar-refractivity contribution in [1.82, 2.24) is 0 Å². The van der Waals surface area contributed by atoms with E-state index < -0.39 is 0 Å². The summed E-state index contributed by atoms with van der Waals surface area (Å²) in [6.45, 7) is 3.60. The van der Waals surface area contributed by atoms with Crippen LogP contribution in [0.4, 0.5) is 0 Å². The summed E-state index contributed by atoms with van der Waals surface area (Å²) < 4.78 is 10.2. The van der Waals surface area contributed by atoms with E-state index in [1.807, 2.05) is 6.92 Å². The number of hydrogen-bond acceptors (Lipinski definition) is 4. The second-order valence-electron chi connectivity index (χ2n) is 3.50. The molecule has 0 spiro atoms. The van der Waals surface area contributed by atoms with E-state index in [4.69, 9.17) is 9.47 Å². The molecule has 1 rings (SSSR count). The molecule has 0 heterocycles. The van der Waals surface area contributed by atoms with Crippen LogP contribution in [-0.2, 0) is 9.59 Å². The van der Waals surface area contributed by atoms with Crippen LogP contribution >= 0.6 is 0 Å². The van der Waals surface area contributed by atoms with Crippen molar-refractivity contribution in [1.29, 1.82) is 0 Å². The molecule has 0 aliphatic rings. The number of carbonyl (C=O) groups is 2.